The fourth-order valence-electron chi connectivity index (χ4n) is 8.70. The first-order valence-corrected chi connectivity index (χ1v) is 19.1. The first-order valence-electron chi connectivity index (χ1n) is 19.1. The molecule has 0 aliphatic carbocycles. The second kappa shape index (κ2) is 12.3. The molecule has 266 valence electrons. The van der Waals surface area contributed by atoms with Crippen LogP contribution in [0.25, 0.3) is 111 Å². The Morgan fingerprint density at radius 2 is 0.860 bits per heavy atom. The maximum atomic E-state index is 6.98. The average molecular weight is 730 g/mol. The lowest BCUT2D eigenvalue weighted by Crippen LogP contribution is -2.02. The third-order valence-corrected chi connectivity index (χ3v) is 11.2. The molecule has 0 spiro atoms. The van der Waals surface area contributed by atoms with Crippen LogP contribution in [0.5, 0.6) is 0 Å². The molecule has 4 heterocycles. The van der Waals surface area contributed by atoms with Gasteiger partial charge in [-0.05, 0) is 42.5 Å². The number of furan rings is 1. The van der Waals surface area contributed by atoms with E-state index in [9.17, 15) is 0 Å². The minimum Gasteiger partial charge on any atom is -0.454 e. The van der Waals surface area contributed by atoms with Crippen molar-refractivity contribution >= 4 is 65.6 Å². The molecule has 0 unspecified atom stereocenters. The monoisotopic (exact) mass is 729 g/mol. The van der Waals surface area contributed by atoms with Gasteiger partial charge in [0, 0.05) is 54.7 Å². The van der Waals surface area contributed by atoms with Crippen LogP contribution in [0.2, 0.25) is 0 Å². The van der Waals surface area contributed by atoms with Crippen LogP contribution in [-0.2, 0) is 0 Å². The van der Waals surface area contributed by atoms with E-state index in [0.717, 1.165) is 72.1 Å². The number of para-hydroxylation sites is 4. The largest absolute Gasteiger partial charge is 0.454 e. The van der Waals surface area contributed by atoms with Gasteiger partial charge in [0.15, 0.2) is 23.1 Å². The molecule has 4 aromatic heterocycles. The standard InChI is InChI=1S/C51H31N5O/c1-4-16-32(17-5-1)49-52-50(33-18-6-2-7-19-33)54-51(53-49)40-30-31-43(48-45(40)39-24-12-15-27-44(39)57-48)56-42-26-14-11-23-36(42)38-29-28-37-35-22-10-13-25-41(35)55(46(37)47(38)56)34-20-8-3-9-21-34/h1-31H. The summed E-state index contributed by atoms with van der Waals surface area (Å²) in [6.45, 7) is 0. The number of benzene rings is 8. The van der Waals surface area contributed by atoms with Crippen LogP contribution in [0.3, 0.4) is 0 Å². The Labute approximate surface area is 326 Å². The normalized spacial score (nSPS) is 11.9. The molecule has 6 nitrogen and oxygen atoms in total. The zero-order valence-corrected chi connectivity index (χ0v) is 30.5. The van der Waals surface area contributed by atoms with E-state index in [4.69, 9.17) is 19.4 Å². The van der Waals surface area contributed by atoms with E-state index in [-0.39, 0.29) is 0 Å². The summed E-state index contributed by atoms with van der Waals surface area (Å²) >= 11 is 0. The number of rotatable bonds is 5. The van der Waals surface area contributed by atoms with E-state index in [1.165, 1.54) is 21.5 Å². The number of aromatic nitrogens is 5. The van der Waals surface area contributed by atoms with Crippen molar-refractivity contribution in [2.45, 2.75) is 0 Å². The number of hydrogen-bond donors (Lipinski definition) is 0. The molecule has 12 rings (SSSR count). The number of nitrogens with zero attached hydrogens (tertiary/aromatic N) is 5. The van der Waals surface area contributed by atoms with Crippen LogP contribution in [-0.4, -0.2) is 24.1 Å². The quantitative estimate of drug-likeness (QED) is 0.177. The summed E-state index contributed by atoms with van der Waals surface area (Å²) < 4.78 is 11.8. The summed E-state index contributed by atoms with van der Waals surface area (Å²) in [4.78, 5) is 15.3. The predicted molar refractivity (Wildman–Crippen MR) is 232 cm³/mol. The molecule has 0 atom stereocenters. The number of hydrogen-bond acceptors (Lipinski definition) is 4. The van der Waals surface area contributed by atoms with Gasteiger partial charge in [-0.2, -0.15) is 0 Å². The minimum absolute atomic E-state index is 0.583. The molecule has 0 N–H and O–H groups in total. The highest BCUT2D eigenvalue weighted by molar-refractivity contribution is 6.25. The van der Waals surface area contributed by atoms with Crippen molar-refractivity contribution in [2.75, 3.05) is 0 Å². The van der Waals surface area contributed by atoms with Gasteiger partial charge in [-0.25, -0.2) is 15.0 Å². The highest BCUT2D eigenvalue weighted by Gasteiger charge is 2.25. The van der Waals surface area contributed by atoms with Gasteiger partial charge < -0.3 is 13.6 Å². The Hall–Kier alpha value is -7.83. The minimum atomic E-state index is 0.583. The molecule has 0 aliphatic heterocycles. The first-order chi connectivity index (χ1) is 28.3. The molecule has 0 fully saturated rings. The van der Waals surface area contributed by atoms with Gasteiger partial charge in [0.1, 0.15) is 5.58 Å². The van der Waals surface area contributed by atoms with Crippen LogP contribution in [0.15, 0.2) is 192 Å². The van der Waals surface area contributed by atoms with Gasteiger partial charge >= 0.3 is 0 Å². The predicted octanol–water partition coefficient (Wildman–Crippen LogP) is 13.0. The Bertz CT molecular complexity index is 3450. The maximum Gasteiger partial charge on any atom is 0.164 e. The van der Waals surface area contributed by atoms with E-state index in [1.54, 1.807) is 0 Å². The maximum absolute atomic E-state index is 6.98. The summed E-state index contributed by atoms with van der Waals surface area (Å²) in [7, 11) is 0. The number of fused-ring (bicyclic) bond motifs is 10. The highest BCUT2D eigenvalue weighted by Crippen LogP contribution is 2.45. The van der Waals surface area contributed by atoms with Crippen molar-refractivity contribution in [3.63, 3.8) is 0 Å². The summed E-state index contributed by atoms with van der Waals surface area (Å²) in [5, 5.41) is 6.69. The van der Waals surface area contributed by atoms with E-state index in [0.29, 0.717) is 17.5 Å². The average Bonchev–Trinajstić information content (AvgIpc) is 3.95. The Kier molecular flexibility index (Phi) is 6.83. The Morgan fingerprint density at radius 1 is 0.368 bits per heavy atom. The Balaban J connectivity index is 1.21. The van der Waals surface area contributed by atoms with Gasteiger partial charge in [0.2, 0.25) is 0 Å². The van der Waals surface area contributed by atoms with Gasteiger partial charge in [-0.15, -0.1) is 0 Å². The zero-order valence-electron chi connectivity index (χ0n) is 30.5. The molecule has 0 amide bonds. The molecule has 12 aromatic rings. The SMILES string of the molecule is c1ccc(-c2nc(-c3ccccc3)nc(-c3ccc(-n4c5ccccc5c5ccc6c7ccccc7n(-c7ccccc7)c6c54)c4oc5ccccc5c34)n2)cc1. The van der Waals surface area contributed by atoms with E-state index in [1.807, 2.05) is 72.8 Å². The van der Waals surface area contributed by atoms with Gasteiger partial charge in [-0.3, -0.25) is 0 Å². The summed E-state index contributed by atoms with van der Waals surface area (Å²) in [6, 6.07) is 65.4. The molecule has 0 aliphatic rings. The fraction of sp³-hybridized carbons (Fsp3) is 0. The molecule has 57 heavy (non-hydrogen) atoms. The van der Waals surface area contributed by atoms with Gasteiger partial charge in [0.25, 0.3) is 0 Å². The van der Waals surface area contributed by atoms with E-state index >= 15 is 0 Å². The molecule has 0 saturated heterocycles. The van der Waals surface area contributed by atoms with Crippen LogP contribution < -0.4 is 0 Å². The Morgan fingerprint density at radius 3 is 1.49 bits per heavy atom. The fourth-order valence-corrected chi connectivity index (χ4v) is 8.70. The van der Waals surface area contributed by atoms with Crippen LogP contribution in [0.4, 0.5) is 0 Å². The van der Waals surface area contributed by atoms with Crippen molar-refractivity contribution in [3.05, 3.63) is 188 Å². The molecule has 8 aromatic carbocycles. The molecule has 0 radical (unpaired) electrons. The summed E-state index contributed by atoms with van der Waals surface area (Å²) in [5.41, 5.74) is 10.8. The van der Waals surface area contributed by atoms with E-state index in [2.05, 4.69) is 124 Å². The first kappa shape index (κ1) is 31.5. The van der Waals surface area contributed by atoms with Crippen molar-refractivity contribution < 1.29 is 4.42 Å². The van der Waals surface area contributed by atoms with Crippen molar-refractivity contribution in [2.24, 2.45) is 0 Å². The lowest BCUT2D eigenvalue weighted by Gasteiger charge is -2.14. The highest BCUT2D eigenvalue weighted by atomic mass is 16.3. The smallest absolute Gasteiger partial charge is 0.164 e. The summed E-state index contributed by atoms with van der Waals surface area (Å²) in [6.07, 6.45) is 0. The van der Waals surface area contributed by atoms with Crippen molar-refractivity contribution in [1.82, 2.24) is 24.1 Å². The second-order valence-corrected chi connectivity index (χ2v) is 14.4. The van der Waals surface area contributed by atoms with Crippen LogP contribution in [0.1, 0.15) is 0 Å². The lowest BCUT2D eigenvalue weighted by atomic mass is 10.0. The van der Waals surface area contributed by atoms with Gasteiger partial charge in [0.05, 0.1) is 27.8 Å². The zero-order chi connectivity index (χ0) is 37.5. The molecule has 0 saturated carbocycles. The second-order valence-electron chi connectivity index (χ2n) is 14.4. The van der Waals surface area contributed by atoms with Gasteiger partial charge in [-0.1, -0.05) is 146 Å². The molecule has 0 bridgehead atoms. The lowest BCUT2D eigenvalue weighted by molar-refractivity contribution is 0.666. The van der Waals surface area contributed by atoms with E-state index < -0.39 is 0 Å². The molecule has 6 heteroatoms. The van der Waals surface area contributed by atoms with Crippen molar-refractivity contribution in [3.8, 4) is 45.5 Å². The molecular formula is C51H31N5O. The van der Waals surface area contributed by atoms with Crippen LogP contribution >= 0.6 is 0 Å². The van der Waals surface area contributed by atoms with Crippen molar-refractivity contribution in [1.29, 1.82) is 0 Å². The summed E-state index contributed by atoms with van der Waals surface area (Å²) in [5.74, 6) is 1.81. The third-order valence-electron chi connectivity index (χ3n) is 11.2. The topological polar surface area (TPSA) is 61.7 Å². The molecular weight excluding hydrogens is 699 g/mol. The third kappa shape index (κ3) is 4.74. The van der Waals surface area contributed by atoms with Crippen LogP contribution in [0, 0.1) is 0 Å².